The normalized spacial score (nSPS) is 15.0. The number of hydrogen-bond donors (Lipinski definition) is 0. The van der Waals surface area contributed by atoms with E-state index in [9.17, 15) is 13.2 Å². The van der Waals surface area contributed by atoms with Crippen LogP contribution >= 0.6 is 11.8 Å². The summed E-state index contributed by atoms with van der Waals surface area (Å²) in [6.07, 6.45) is -4.71. The molecular formula is C15H18F3N3OS. The highest BCUT2D eigenvalue weighted by molar-refractivity contribution is 8.13. The Hall–Kier alpha value is -1.70. The van der Waals surface area contributed by atoms with E-state index in [0.717, 1.165) is 24.5 Å². The Bertz CT molecular complexity index is 625. The van der Waals surface area contributed by atoms with Gasteiger partial charge in [0.05, 0.1) is 5.69 Å². The fourth-order valence-electron chi connectivity index (χ4n) is 2.19. The van der Waals surface area contributed by atoms with Crippen LogP contribution < -0.4 is 4.74 Å². The van der Waals surface area contributed by atoms with Crippen molar-refractivity contribution in [2.75, 3.05) is 13.1 Å². The van der Waals surface area contributed by atoms with Crippen molar-refractivity contribution < 1.29 is 17.9 Å². The van der Waals surface area contributed by atoms with Crippen LogP contribution in [0.5, 0.6) is 5.75 Å². The summed E-state index contributed by atoms with van der Waals surface area (Å²) < 4.78 is 40.8. The lowest BCUT2D eigenvalue weighted by Gasteiger charge is -2.21. The predicted octanol–water partition coefficient (Wildman–Crippen LogP) is 4.58. The van der Waals surface area contributed by atoms with E-state index >= 15 is 0 Å². The number of thioether (sulfide) groups is 1. The highest BCUT2D eigenvalue weighted by Gasteiger charge is 2.31. The zero-order valence-electron chi connectivity index (χ0n) is 13.1. The Kier molecular flexibility index (Phi) is 5.56. The van der Waals surface area contributed by atoms with E-state index in [4.69, 9.17) is 0 Å². The fourth-order valence-corrected chi connectivity index (χ4v) is 3.08. The van der Waals surface area contributed by atoms with Crippen LogP contribution in [-0.4, -0.2) is 35.4 Å². The first-order valence-corrected chi connectivity index (χ1v) is 8.21. The van der Waals surface area contributed by atoms with Crippen LogP contribution in [0.1, 0.15) is 26.3 Å². The maximum atomic E-state index is 12.3. The molecule has 0 unspecified atom stereocenters. The van der Waals surface area contributed by atoms with Gasteiger partial charge >= 0.3 is 6.36 Å². The van der Waals surface area contributed by atoms with Crippen molar-refractivity contribution in [2.45, 2.75) is 32.9 Å². The van der Waals surface area contributed by atoms with Crippen molar-refractivity contribution in [3.8, 4) is 5.75 Å². The molecule has 0 fully saturated rings. The summed E-state index contributed by atoms with van der Waals surface area (Å²) in [6.45, 7) is 7.64. The van der Waals surface area contributed by atoms with E-state index in [1.54, 1.807) is 6.07 Å². The first-order valence-electron chi connectivity index (χ1n) is 7.22. The molecule has 2 rings (SSSR count). The molecular weight excluding hydrogens is 327 g/mol. The number of amidine groups is 2. The van der Waals surface area contributed by atoms with Gasteiger partial charge in [-0.2, -0.15) is 0 Å². The number of halogens is 3. The molecule has 0 aliphatic carbocycles. The lowest BCUT2D eigenvalue weighted by Crippen LogP contribution is -2.28. The summed E-state index contributed by atoms with van der Waals surface area (Å²) in [5.74, 6) is 1.19. The van der Waals surface area contributed by atoms with E-state index in [-0.39, 0.29) is 5.75 Å². The summed E-state index contributed by atoms with van der Waals surface area (Å²) >= 11 is 1.46. The van der Waals surface area contributed by atoms with Crippen molar-refractivity contribution >= 4 is 28.5 Å². The predicted molar refractivity (Wildman–Crippen MR) is 87.5 cm³/mol. The molecule has 0 saturated heterocycles. The zero-order valence-corrected chi connectivity index (χ0v) is 14.0. The van der Waals surface area contributed by atoms with Gasteiger partial charge in [0, 0.05) is 24.9 Å². The molecule has 8 heteroatoms. The Balaban J connectivity index is 2.25. The number of fused-ring (bicyclic) bond motifs is 1. The maximum absolute atomic E-state index is 12.3. The maximum Gasteiger partial charge on any atom is 0.573 e. The molecule has 1 aliphatic heterocycles. The van der Waals surface area contributed by atoms with Crippen molar-refractivity contribution in [2.24, 2.45) is 9.98 Å². The molecule has 0 N–H and O–H groups in total. The fraction of sp³-hybridized carbons (Fsp3) is 0.467. The van der Waals surface area contributed by atoms with Crippen LogP contribution in [0.25, 0.3) is 0 Å². The molecule has 0 bridgehead atoms. The van der Waals surface area contributed by atoms with E-state index in [0.29, 0.717) is 16.6 Å². The van der Waals surface area contributed by atoms with Gasteiger partial charge in [-0.15, -0.1) is 13.2 Å². The standard InChI is InChI=1S/C15H18F3N3OS/c1-4-21(5-2)10(3)19-14-20-13-8-12(22-15(16,17)18)7-6-11(13)9-23-14/h6-8H,4-5,9H2,1-3H3. The number of hydrogen-bond acceptors (Lipinski definition) is 4. The van der Waals surface area contributed by atoms with Crippen LogP contribution in [0.3, 0.4) is 0 Å². The molecule has 23 heavy (non-hydrogen) atoms. The quantitative estimate of drug-likeness (QED) is 0.594. The van der Waals surface area contributed by atoms with Gasteiger partial charge in [-0.25, -0.2) is 9.98 Å². The molecule has 0 amide bonds. The molecule has 1 heterocycles. The van der Waals surface area contributed by atoms with Crippen molar-refractivity contribution in [3.05, 3.63) is 23.8 Å². The van der Waals surface area contributed by atoms with Crippen molar-refractivity contribution in [3.63, 3.8) is 0 Å². The summed E-state index contributed by atoms with van der Waals surface area (Å²) in [6, 6.07) is 4.20. The molecule has 1 aromatic rings. The number of rotatable bonds is 3. The van der Waals surface area contributed by atoms with E-state index in [1.165, 1.54) is 23.9 Å². The van der Waals surface area contributed by atoms with Gasteiger partial charge in [0.1, 0.15) is 11.6 Å². The van der Waals surface area contributed by atoms with Crippen LogP contribution in [0.2, 0.25) is 0 Å². The molecule has 1 aliphatic rings. The Morgan fingerprint density at radius 1 is 1.35 bits per heavy atom. The second kappa shape index (κ2) is 7.25. The number of benzene rings is 1. The smallest absolute Gasteiger partial charge is 0.406 e. The minimum Gasteiger partial charge on any atom is -0.406 e. The number of ether oxygens (including phenoxy) is 1. The zero-order chi connectivity index (χ0) is 17.0. The van der Waals surface area contributed by atoms with Gasteiger partial charge in [0.25, 0.3) is 0 Å². The molecule has 1 aromatic carbocycles. The average Bonchev–Trinajstić information content (AvgIpc) is 2.46. The molecule has 0 atom stereocenters. The highest BCUT2D eigenvalue weighted by Crippen LogP contribution is 2.35. The van der Waals surface area contributed by atoms with Gasteiger partial charge in [0.2, 0.25) is 0 Å². The highest BCUT2D eigenvalue weighted by atomic mass is 32.2. The van der Waals surface area contributed by atoms with Crippen LogP contribution in [0, 0.1) is 0 Å². The second-order valence-electron chi connectivity index (χ2n) is 4.85. The first kappa shape index (κ1) is 17.7. The van der Waals surface area contributed by atoms with Crippen LogP contribution in [0.4, 0.5) is 18.9 Å². The molecule has 0 spiro atoms. The topological polar surface area (TPSA) is 37.2 Å². The Morgan fingerprint density at radius 3 is 2.65 bits per heavy atom. The Morgan fingerprint density at radius 2 is 2.04 bits per heavy atom. The molecule has 126 valence electrons. The van der Waals surface area contributed by atoms with Crippen LogP contribution in [-0.2, 0) is 5.75 Å². The van der Waals surface area contributed by atoms with Crippen molar-refractivity contribution in [1.82, 2.24) is 4.90 Å². The molecule has 0 radical (unpaired) electrons. The van der Waals surface area contributed by atoms with Gasteiger partial charge in [-0.05, 0) is 32.4 Å². The SMILES string of the molecule is CCN(CC)C(C)=NC1=Nc2cc(OC(F)(F)F)ccc2CS1. The minimum absolute atomic E-state index is 0.268. The van der Waals surface area contributed by atoms with E-state index in [2.05, 4.69) is 19.6 Å². The van der Waals surface area contributed by atoms with Gasteiger partial charge in [0.15, 0.2) is 5.17 Å². The Labute approximate surface area is 137 Å². The van der Waals surface area contributed by atoms with Gasteiger partial charge < -0.3 is 9.64 Å². The third-order valence-corrected chi connectivity index (χ3v) is 4.24. The number of nitrogens with zero attached hydrogens (tertiary/aromatic N) is 3. The monoisotopic (exact) mass is 345 g/mol. The number of aliphatic imine (C=N–C) groups is 2. The first-order chi connectivity index (χ1) is 10.8. The average molecular weight is 345 g/mol. The van der Waals surface area contributed by atoms with Crippen LogP contribution in [0.15, 0.2) is 28.2 Å². The molecule has 0 aromatic heterocycles. The van der Waals surface area contributed by atoms with Crippen molar-refractivity contribution in [1.29, 1.82) is 0 Å². The van der Waals surface area contributed by atoms with Gasteiger partial charge in [-0.3, -0.25) is 0 Å². The summed E-state index contributed by atoms with van der Waals surface area (Å²) in [7, 11) is 0. The minimum atomic E-state index is -4.71. The van der Waals surface area contributed by atoms with E-state index < -0.39 is 6.36 Å². The third-order valence-electron chi connectivity index (χ3n) is 3.34. The van der Waals surface area contributed by atoms with E-state index in [1.807, 2.05) is 20.8 Å². The molecule has 0 saturated carbocycles. The summed E-state index contributed by atoms with van der Waals surface area (Å²) in [4.78, 5) is 10.9. The lowest BCUT2D eigenvalue weighted by atomic mass is 10.2. The second-order valence-corrected chi connectivity index (χ2v) is 5.80. The van der Waals surface area contributed by atoms with Gasteiger partial charge in [-0.1, -0.05) is 17.8 Å². The lowest BCUT2D eigenvalue weighted by molar-refractivity contribution is -0.274. The largest absolute Gasteiger partial charge is 0.573 e. The summed E-state index contributed by atoms with van der Waals surface area (Å²) in [5.41, 5.74) is 1.33. The summed E-state index contributed by atoms with van der Waals surface area (Å²) in [5, 5.41) is 0.547. The number of alkyl halides is 3. The third kappa shape index (κ3) is 4.89. The molecule has 4 nitrogen and oxygen atoms in total.